The third-order valence-corrected chi connectivity index (χ3v) is 7.06. The highest BCUT2D eigenvalue weighted by Crippen LogP contribution is 2.33. The fourth-order valence-electron chi connectivity index (χ4n) is 3.75. The molecule has 0 aliphatic heterocycles. The number of hydrogen-bond acceptors (Lipinski definition) is 6. The van der Waals surface area contributed by atoms with Crippen LogP contribution in [0.4, 0.5) is 5.69 Å². The van der Waals surface area contributed by atoms with Crippen LogP contribution in [-0.4, -0.2) is 36.6 Å². The van der Waals surface area contributed by atoms with Crippen LogP contribution < -0.4 is 11.1 Å². The van der Waals surface area contributed by atoms with Gasteiger partial charge in [-0.15, -0.1) is 0 Å². The maximum atomic E-state index is 13.0. The minimum atomic E-state index is -0.603. The third kappa shape index (κ3) is 4.60. The molecule has 36 heavy (non-hydrogen) atoms. The Morgan fingerprint density at radius 2 is 1.83 bits per heavy atom. The normalized spacial score (nSPS) is 12.1. The highest BCUT2D eigenvalue weighted by molar-refractivity contribution is 8.00. The van der Waals surface area contributed by atoms with Gasteiger partial charge in [0.25, 0.3) is 0 Å². The number of anilines is 1. The Morgan fingerprint density at radius 3 is 2.61 bits per heavy atom. The van der Waals surface area contributed by atoms with Crippen molar-refractivity contribution in [2.75, 3.05) is 5.32 Å². The van der Waals surface area contributed by atoms with E-state index in [0.717, 1.165) is 16.5 Å². The molecule has 180 valence electrons. The number of carbonyl (C=O) groups excluding carboxylic acids is 2. The van der Waals surface area contributed by atoms with Crippen molar-refractivity contribution in [3.05, 3.63) is 82.7 Å². The Labute approximate surface area is 219 Å². The van der Waals surface area contributed by atoms with Crippen LogP contribution in [0.3, 0.4) is 0 Å². The molecule has 2 aromatic heterocycles. The molecular weight excluding hydrogens is 519 g/mol. The number of rotatable bonds is 6. The lowest BCUT2D eigenvalue weighted by atomic mass is 10.1. The van der Waals surface area contributed by atoms with Gasteiger partial charge in [0.15, 0.2) is 10.8 Å². The minimum absolute atomic E-state index is 0.0975. The SMILES string of the molecule is CC(Sc1nc2cnc(Cl)nc2n1-c1cccc2ccccc12)C(=O)Nc1ccc(C(N)=O)cc1Cl. The molecule has 0 spiro atoms. The van der Waals surface area contributed by atoms with E-state index in [1.165, 1.54) is 23.9 Å². The summed E-state index contributed by atoms with van der Waals surface area (Å²) in [6.07, 6.45) is 1.56. The summed E-state index contributed by atoms with van der Waals surface area (Å²) in [6.45, 7) is 1.76. The van der Waals surface area contributed by atoms with Crippen molar-refractivity contribution in [1.29, 1.82) is 0 Å². The molecule has 5 rings (SSSR count). The number of thioether (sulfide) groups is 1. The summed E-state index contributed by atoms with van der Waals surface area (Å²) in [6, 6.07) is 18.4. The van der Waals surface area contributed by atoms with Gasteiger partial charge < -0.3 is 11.1 Å². The van der Waals surface area contributed by atoms with Gasteiger partial charge in [-0.2, -0.15) is 4.98 Å². The lowest BCUT2D eigenvalue weighted by molar-refractivity contribution is -0.115. The molecule has 2 amide bonds. The molecule has 3 aromatic carbocycles. The summed E-state index contributed by atoms with van der Waals surface area (Å²) >= 11 is 13.6. The number of carbonyl (C=O) groups is 2. The van der Waals surface area contributed by atoms with Crippen molar-refractivity contribution in [2.24, 2.45) is 5.73 Å². The molecule has 8 nitrogen and oxygen atoms in total. The fourth-order valence-corrected chi connectivity index (χ4v) is 5.03. The van der Waals surface area contributed by atoms with Gasteiger partial charge >= 0.3 is 0 Å². The summed E-state index contributed by atoms with van der Waals surface area (Å²) < 4.78 is 1.88. The first kappa shape index (κ1) is 24.1. The number of nitrogens with one attached hydrogen (secondary N) is 1. The molecule has 1 atom stereocenters. The number of imidazole rings is 1. The largest absolute Gasteiger partial charge is 0.366 e. The second-order valence-electron chi connectivity index (χ2n) is 7.88. The van der Waals surface area contributed by atoms with Gasteiger partial charge in [-0.25, -0.2) is 9.97 Å². The van der Waals surface area contributed by atoms with E-state index in [4.69, 9.17) is 33.9 Å². The predicted octanol–water partition coefficient (Wildman–Crippen LogP) is 5.49. The minimum Gasteiger partial charge on any atom is -0.366 e. The zero-order valence-corrected chi connectivity index (χ0v) is 21.1. The molecule has 11 heteroatoms. The molecule has 0 aliphatic carbocycles. The zero-order chi connectivity index (χ0) is 25.4. The van der Waals surface area contributed by atoms with Gasteiger partial charge in [0.2, 0.25) is 17.1 Å². The molecule has 0 saturated carbocycles. The molecule has 3 N–H and O–H groups in total. The highest BCUT2D eigenvalue weighted by Gasteiger charge is 2.23. The van der Waals surface area contributed by atoms with Crippen LogP contribution in [0.15, 0.2) is 72.0 Å². The van der Waals surface area contributed by atoms with E-state index in [1.807, 2.05) is 47.0 Å². The van der Waals surface area contributed by atoms with Gasteiger partial charge in [-0.3, -0.25) is 14.2 Å². The topological polar surface area (TPSA) is 116 Å². The summed E-state index contributed by atoms with van der Waals surface area (Å²) in [7, 11) is 0. The van der Waals surface area contributed by atoms with E-state index in [2.05, 4.69) is 15.3 Å². The Morgan fingerprint density at radius 1 is 1.06 bits per heavy atom. The second kappa shape index (κ2) is 9.77. The van der Waals surface area contributed by atoms with Crippen LogP contribution in [0.5, 0.6) is 0 Å². The third-order valence-electron chi connectivity index (χ3n) is 5.51. The Kier molecular flexibility index (Phi) is 6.53. The summed E-state index contributed by atoms with van der Waals surface area (Å²) in [5, 5.41) is 5.14. The maximum Gasteiger partial charge on any atom is 0.248 e. The number of halogens is 2. The summed E-state index contributed by atoms with van der Waals surface area (Å²) in [5.74, 6) is -0.899. The van der Waals surface area contributed by atoms with E-state index >= 15 is 0 Å². The van der Waals surface area contributed by atoms with E-state index in [0.29, 0.717) is 22.0 Å². The quantitative estimate of drug-likeness (QED) is 0.219. The van der Waals surface area contributed by atoms with Gasteiger partial charge in [-0.05, 0) is 48.2 Å². The lowest BCUT2D eigenvalue weighted by Crippen LogP contribution is -2.23. The van der Waals surface area contributed by atoms with Crippen molar-refractivity contribution in [3.8, 4) is 5.69 Å². The predicted molar refractivity (Wildman–Crippen MR) is 143 cm³/mol. The standard InChI is InChI=1S/C25H18Cl2N6O2S/c1-13(23(35)30-18-10-9-15(21(28)34)11-17(18)26)36-25-31-19-12-29-24(27)32-22(19)33(25)20-8-4-6-14-5-2-3-7-16(14)20/h2-13H,1H3,(H2,28,34)(H,30,35). The first-order valence-corrected chi connectivity index (χ1v) is 12.4. The number of benzene rings is 3. The molecule has 2 heterocycles. The molecule has 0 radical (unpaired) electrons. The number of hydrogen-bond donors (Lipinski definition) is 2. The average Bonchev–Trinajstić information content (AvgIpc) is 3.21. The first-order valence-electron chi connectivity index (χ1n) is 10.8. The second-order valence-corrected chi connectivity index (χ2v) is 9.94. The van der Waals surface area contributed by atoms with Crippen molar-refractivity contribution >= 4 is 74.4 Å². The van der Waals surface area contributed by atoms with E-state index in [-0.39, 0.29) is 21.8 Å². The van der Waals surface area contributed by atoms with E-state index in [9.17, 15) is 9.59 Å². The number of aromatic nitrogens is 4. The van der Waals surface area contributed by atoms with Crippen LogP contribution in [-0.2, 0) is 4.79 Å². The zero-order valence-electron chi connectivity index (χ0n) is 18.8. The Bertz CT molecular complexity index is 1650. The Balaban J connectivity index is 1.51. The lowest BCUT2D eigenvalue weighted by Gasteiger charge is -2.15. The van der Waals surface area contributed by atoms with Crippen molar-refractivity contribution < 1.29 is 9.59 Å². The molecule has 1 unspecified atom stereocenters. The molecule has 0 bridgehead atoms. The molecule has 5 aromatic rings. The van der Waals surface area contributed by atoms with E-state index in [1.54, 1.807) is 19.2 Å². The van der Waals surface area contributed by atoms with Crippen LogP contribution in [0.2, 0.25) is 10.3 Å². The average molecular weight is 537 g/mol. The summed E-state index contributed by atoms with van der Waals surface area (Å²) in [4.78, 5) is 37.6. The number of nitrogens with two attached hydrogens (primary N) is 1. The number of nitrogens with zero attached hydrogens (tertiary/aromatic N) is 4. The maximum absolute atomic E-state index is 13.0. The van der Waals surface area contributed by atoms with Gasteiger partial charge in [-0.1, -0.05) is 59.8 Å². The van der Waals surface area contributed by atoms with Gasteiger partial charge in [0, 0.05) is 10.9 Å². The number of amides is 2. The number of fused-ring (bicyclic) bond motifs is 2. The van der Waals surface area contributed by atoms with Crippen LogP contribution in [0.1, 0.15) is 17.3 Å². The van der Waals surface area contributed by atoms with Crippen molar-refractivity contribution in [2.45, 2.75) is 17.3 Å². The molecule has 0 fully saturated rings. The Hall–Kier alpha value is -3.66. The van der Waals surface area contributed by atoms with Crippen molar-refractivity contribution in [3.63, 3.8) is 0 Å². The highest BCUT2D eigenvalue weighted by atomic mass is 35.5. The molecular formula is C25H18Cl2N6O2S. The molecule has 0 saturated heterocycles. The summed E-state index contributed by atoms with van der Waals surface area (Å²) in [5.41, 5.74) is 7.85. The first-order chi connectivity index (χ1) is 17.3. The van der Waals surface area contributed by atoms with Gasteiger partial charge in [0.05, 0.1) is 27.8 Å². The van der Waals surface area contributed by atoms with Gasteiger partial charge in [0.1, 0.15) is 5.52 Å². The molecule has 0 aliphatic rings. The number of primary amides is 1. The smallest absolute Gasteiger partial charge is 0.248 e. The van der Waals surface area contributed by atoms with Crippen molar-refractivity contribution in [1.82, 2.24) is 19.5 Å². The monoisotopic (exact) mass is 536 g/mol. The van der Waals surface area contributed by atoms with E-state index < -0.39 is 11.2 Å². The van der Waals surface area contributed by atoms with Crippen LogP contribution >= 0.6 is 35.0 Å². The van der Waals surface area contributed by atoms with Crippen LogP contribution in [0, 0.1) is 0 Å². The van der Waals surface area contributed by atoms with Crippen LogP contribution in [0.25, 0.3) is 27.6 Å². The fraction of sp³-hybridized carbons (Fsp3) is 0.0800.